The number of anilines is 1. The Balaban J connectivity index is 1.97. The monoisotopic (exact) mass is 263 g/mol. The van der Waals surface area contributed by atoms with Gasteiger partial charge in [0.25, 0.3) is 0 Å². The molecule has 100 valence electrons. The molecular weight excluding hydrogens is 250 g/mol. The maximum Gasteiger partial charge on any atom is 0.339 e. The molecule has 2 aromatic heterocycles. The van der Waals surface area contributed by atoms with E-state index < -0.39 is 5.97 Å². The summed E-state index contributed by atoms with van der Waals surface area (Å²) in [6, 6.07) is 0. The fourth-order valence-electron chi connectivity index (χ4n) is 1.68. The Morgan fingerprint density at radius 3 is 2.95 bits per heavy atom. The average Bonchev–Trinajstić information content (AvgIpc) is 2.96. The highest BCUT2D eigenvalue weighted by Gasteiger charge is 2.16. The van der Waals surface area contributed by atoms with Gasteiger partial charge in [0.1, 0.15) is 18.2 Å². The molecule has 8 nitrogen and oxygen atoms in total. The number of aryl methyl sites for hydroxylation is 2. The molecule has 0 saturated heterocycles. The molecule has 0 spiro atoms. The Morgan fingerprint density at radius 1 is 1.53 bits per heavy atom. The van der Waals surface area contributed by atoms with Gasteiger partial charge >= 0.3 is 5.97 Å². The summed E-state index contributed by atoms with van der Waals surface area (Å²) < 4.78 is 1.53. The van der Waals surface area contributed by atoms with Crippen molar-refractivity contribution in [3.8, 4) is 0 Å². The first-order chi connectivity index (χ1) is 9.08. The number of carboxylic acid groups (broad SMARTS) is 1. The largest absolute Gasteiger partial charge is 0.478 e. The normalized spacial score (nSPS) is 10.4. The SMILES string of the molecule is Cc1[nH]cc(NC(=O)CCn2cncn2)c1C(=O)O. The van der Waals surface area contributed by atoms with E-state index in [2.05, 4.69) is 20.4 Å². The highest BCUT2D eigenvalue weighted by molar-refractivity contribution is 6.01. The second-order valence-electron chi connectivity index (χ2n) is 3.96. The van der Waals surface area contributed by atoms with Crippen LogP contribution in [0.4, 0.5) is 5.69 Å². The molecule has 0 saturated carbocycles. The van der Waals surface area contributed by atoms with E-state index in [0.717, 1.165) is 0 Å². The van der Waals surface area contributed by atoms with Crippen LogP contribution in [0.3, 0.4) is 0 Å². The van der Waals surface area contributed by atoms with Gasteiger partial charge in [-0.3, -0.25) is 9.48 Å². The Hall–Kier alpha value is -2.64. The third-order valence-electron chi connectivity index (χ3n) is 2.60. The molecule has 0 bridgehead atoms. The summed E-state index contributed by atoms with van der Waals surface area (Å²) in [6.45, 7) is 2.02. The molecule has 1 amide bonds. The molecular formula is C11H13N5O3. The number of carbonyl (C=O) groups is 2. The predicted molar refractivity (Wildman–Crippen MR) is 65.8 cm³/mol. The van der Waals surface area contributed by atoms with Crippen molar-refractivity contribution < 1.29 is 14.7 Å². The summed E-state index contributed by atoms with van der Waals surface area (Å²) in [4.78, 5) is 29.3. The minimum Gasteiger partial charge on any atom is -0.478 e. The number of rotatable bonds is 5. The summed E-state index contributed by atoms with van der Waals surface area (Å²) in [5.41, 5.74) is 0.849. The number of carboxylic acids is 1. The molecule has 8 heteroatoms. The quantitative estimate of drug-likeness (QED) is 0.732. The van der Waals surface area contributed by atoms with Crippen molar-refractivity contribution in [2.75, 3.05) is 5.32 Å². The number of H-pyrrole nitrogens is 1. The molecule has 0 fully saturated rings. The second-order valence-corrected chi connectivity index (χ2v) is 3.96. The Kier molecular flexibility index (Phi) is 3.60. The first kappa shape index (κ1) is 12.8. The highest BCUT2D eigenvalue weighted by atomic mass is 16.4. The van der Waals surface area contributed by atoms with Gasteiger partial charge in [0.05, 0.1) is 12.2 Å². The molecule has 0 aromatic carbocycles. The number of nitrogens with one attached hydrogen (secondary N) is 2. The van der Waals surface area contributed by atoms with Gasteiger partial charge in [0.15, 0.2) is 0 Å². The number of hydrogen-bond donors (Lipinski definition) is 3. The Bertz CT molecular complexity index is 588. The zero-order chi connectivity index (χ0) is 13.8. The van der Waals surface area contributed by atoms with E-state index in [4.69, 9.17) is 5.11 Å². The fraction of sp³-hybridized carbons (Fsp3) is 0.273. The van der Waals surface area contributed by atoms with Crippen LogP contribution in [0.1, 0.15) is 22.5 Å². The Labute approximate surface area is 108 Å². The van der Waals surface area contributed by atoms with Crippen molar-refractivity contribution >= 4 is 17.6 Å². The summed E-state index contributed by atoms with van der Waals surface area (Å²) >= 11 is 0. The Morgan fingerprint density at radius 2 is 2.32 bits per heavy atom. The van der Waals surface area contributed by atoms with Crippen LogP contribution >= 0.6 is 0 Å². The van der Waals surface area contributed by atoms with Crippen LogP contribution < -0.4 is 5.32 Å². The molecule has 2 heterocycles. The van der Waals surface area contributed by atoms with Crippen LogP contribution in [0.2, 0.25) is 0 Å². The van der Waals surface area contributed by atoms with Crippen LogP contribution in [0, 0.1) is 6.92 Å². The molecule has 0 aliphatic heterocycles. The summed E-state index contributed by atoms with van der Waals surface area (Å²) in [7, 11) is 0. The van der Waals surface area contributed by atoms with E-state index >= 15 is 0 Å². The molecule has 0 radical (unpaired) electrons. The van der Waals surface area contributed by atoms with Gasteiger partial charge in [-0.15, -0.1) is 0 Å². The third kappa shape index (κ3) is 2.97. The van der Waals surface area contributed by atoms with Crippen LogP contribution in [0.25, 0.3) is 0 Å². The zero-order valence-electron chi connectivity index (χ0n) is 10.3. The van der Waals surface area contributed by atoms with E-state index in [9.17, 15) is 9.59 Å². The molecule has 0 aliphatic rings. The first-order valence-corrected chi connectivity index (χ1v) is 5.61. The zero-order valence-corrected chi connectivity index (χ0v) is 10.3. The summed E-state index contributed by atoms with van der Waals surface area (Å²) in [5.74, 6) is -1.36. The number of aromatic amines is 1. The second kappa shape index (κ2) is 5.34. The molecule has 0 atom stereocenters. The first-order valence-electron chi connectivity index (χ1n) is 5.61. The standard InChI is InChI=1S/C11H13N5O3/c1-7-10(11(18)19)8(4-13-7)15-9(17)2-3-16-6-12-5-14-16/h4-6,13H,2-3H2,1H3,(H,15,17)(H,18,19). The molecule has 0 aliphatic carbocycles. The van der Waals surface area contributed by atoms with Crippen molar-refractivity contribution in [3.63, 3.8) is 0 Å². The van der Waals surface area contributed by atoms with Crippen molar-refractivity contribution in [2.45, 2.75) is 19.9 Å². The lowest BCUT2D eigenvalue weighted by atomic mass is 10.2. The number of amides is 1. The van der Waals surface area contributed by atoms with Crippen molar-refractivity contribution in [1.82, 2.24) is 19.7 Å². The number of hydrogen-bond acceptors (Lipinski definition) is 4. The molecule has 3 N–H and O–H groups in total. The van der Waals surface area contributed by atoms with Crippen molar-refractivity contribution in [3.05, 3.63) is 30.1 Å². The summed E-state index contributed by atoms with van der Waals surface area (Å²) in [5, 5.41) is 15.5. The highest BCUT2D eigenvalue weighted by Crippen LogP contribution is 2.19. The fourth-order valence-corrected chi connectivity index (χ4v) is 1.68. The van der Waals surface area contributed by atoms with Crippen LogP contribution in [0.15, 0.2) is 18.9 Å². The number of aromatic carboxylic acids is 1. The van der Waals surface area contributed by atoms with Gasteiger partial charge in [-0.05, 0) is 6.92 Å². The molecule has 2 rings (SSSR count). The van der Waals surface area contributed by atoms with Gasteiger partial charge in [0, 0.05) is 18.3 Å². The third-order valence-corrected chi connectivity index (χ3v) is 2.60. The van der Waals surface area contributed by atoms with Crippen LogP contribution in [-0.4, -0.2) is 36.7 Å². The van der Waals surface area contributed by atoms with Gasteiger partial charge in [-0.2, -0.15) is 5.10 Å². The lowest BCUT2D eigenvalue weighted by Crippen LogP contribution is -2.16. The number of nitrogens with zero attached hydrogens (tertiary/aromatic N) is 3. The minimum atomic E-state index is -1.08. The van der Waals surface area contributed by atoms with E-state index in [0.29, 0.717) is 12.2 Å². The van der Waals surface area contributed by atoms with Gasteiger partial charge in [-0.25, -0.2) is 9.78 Å². The van der Waals surface area contributed by atoms with Gasteiger partial charge < -0.3 is 15.4 Å². The van der Waals surface area contributed by atoms with Crippen LogP contribution in [-0.2, 0) is 11.3 Å². The lowest BCUT2D eigenvalue weighted by molar-refractivity contribution is -0.116. The maximum atomic E-state index is 11.7. The van der Waals surface area contributed by atoms with E-state index in [1.165, 1.54) is 23.5 Å². The smallest absolute Gasteiger partial charge is 0.339 e. The number of carbonyl (C=O) groups excluding carboxylic acids is 1. The topological polar surface area (TPSA) is 113 Å². The van der Waals surface area contributed by atoms with Crippen molar-refractivity contribution in [1.29, 1.82) is 0 Å². The average molecular weight is 263 g/mol. The van der Waals surface area contributed by atoms with E-state index in [1.54, 1.807) is 6.92 Å². The molecule has 2 aromatic rings. The summed E-state index contributed by atoms with van der Waals surface area (Å²) in [6.07, 6.45) is 4.55. The van der Waals surface area contributed by atoms with E-state index in [-0.39, 0.29) is 23.6 Å². The minimum absolute atomic E-state index is 0.0779. The maximum absolute atomic E-state index is 11.7. The van der Waals surface area contributed by atoms with Crippen LogP contribution in [0.5, 0.6) is 0 Å². The van der Waals surface area contributed by atoms with Gasteiger partial charge in [0.2, 0.25) is 5.91 Å². The predicted octanol–water partition coefficient (Wildman–Crippen LogP) is 0.642. The lowest BCUT2D eigenvalue weighted by Gasteiger charge is -2.04. The number of aromatic nitrogens is 4. The van der Waals surface area contributed by atoms with E-state index in [1.807, 2.05) is 0 Å². The molecule has 0 unspecified atom stereocenters. The van der Waals surface area contributed by atoms with Gasteiger partial charge in [-0.1, -0.05) is 0 Å². The van der Waals surface area contributed by atoms with Crippen molar-refractivity contribution in [2.24, 2.45) is 0 Å². The molecule has 19 heavy (non-hydrogen) atoms.